The fourth-order valence-electron chi connectivity index (χ4n) is 4.03. The number of rotatable bonds is 5. The monoisotopic (exact) mass is 317 g/mol. The lowest BCUT2D eigenvalue weighted by Crippen LogP contribution is -2.46. The molecule has 1 aromatic rings. The molecule has 5 nitrogen and oxygen atoms in total. The molecule has 2 amide bonds. The number of nitrogens with one attached hydrogen (secondary N) is 1. The molecule has 0 spiro atoms. The SMILES string of the molecule is CN(CCO)C(=O)N[C@@H]1CC[C@H]2CN(Cc3ccccc3)C[C@@H]21. The second-order valence-electron chi connectivity index (χ2n) is 6.88. The number of likely N-dealkylation sites (tertiary alicyclic amines) is 1. The van der Waals surface area contributed by atoms with Gasteiger partial charge in [0, 0.05) is 39.3 Å². The predicted octanol–water partition coefficient (Wildman–Crippen LogP) is 1.53. The zero-order chi connectivity index (χ0) is 16.2. The van der Waals surface area contributed by atoms with E-state index in [4.69, 9.17) is 5.11 Å². The molecule has 1 heterocycles. The number of carbonyl (C=O) groups is 1. The van der Waals surface area contributed by atoms with E-state index < -0.39 is 0 Å². The molecular weight excluding hydrogens is 290 g/mol. The summed E-state index contributed by atoms with van der Waals surface area (Å²) in [6.07, 6.45) is 2.28. The summed E-state index contributed by atoms with van der Waals surface area (Å²) in [5.41, 5.74) is 1.36. The van der Waals surface area contributed by atoms with Crippen molar-refractivity contribution >= 4 is 6.03 Å². The van der Waals surface area contributed by atoms with Crippen molar-refractivity contribution in [1.82, 2.24) is 15.1 Å². The highest BCUT2D eigenvalue weighted by Gasteiger charge is 2.43. The Hall–Kier alpha value is -1.59. The molecule has 1 aromatic carbocycles. The van der Waals surface area contributed by atoms with E-state index in [-0.39, 0.29) is 18.7 Å². The molecule has 3 rings (SSSR count). The van der Waals surface area contributed by atoms with Gasteiger partial charge in [0.2, 0.25) is 0 Å². The maximum atomic E-state index is 12.1. The van der Waals surface area contributed by atoms with Crippen LogP contribution in [-0.4, -0.2) is 60.3 Å². The van der Waals surface area contributed by atoms with Crippen molar-refractivity contribution in [2.24, 2.45) is 11.8 Å². The summed E-state index contributed by atoms with van der Waals surface area (Å²) in [6.45, 7) is 3.59. The van der Waals surface area contributed by atoms with Crippen LogP contribution in [0.5, 0.6) is 0 Å². The molecule has 3 atom stereocenters. The molecular formula is C18H27N3O2. The predicted molar refractivity (Wildman–Crippen MR) is 90.0 cm³/mol. The highest BCUT2D eigenvalue weighted by molar-refractivity contribution is 5.74. The Labute approximate surface area is 138 Å². The molecule has 23 heavy (non-hydrogen) atoms. The van der Waals surface area contributed by atoms with Crippen LogP contribution in [0.15, 0.2) is 30.3 Å². The zero-order valence-electron chi connectivity index (χ0n) is 13.8. The van der Waals surface area contributed by atoms with E-state index in [1.54, 1.807) is 11.9 Å². The van der Waals surface area contributed by atoms with E-state index in [9.17, 15) is 4.79 Å². The number of hydrogen-bond acceptors (Lipinski definition) is 3. The molecule has 0 unspecified atom stereocenters. The lowest BCUT2D eigenvalue weighted by molar-refractivity contribution is 0.183. The van der Waals surface area contributed by atoms with Gasteiger partial charge in [0.05, 0.1) is 6.61 Å². The highest BCUT2D eigenvalue weighted by atomic mass is 16.3. The van der Waals surface area contributed by atoms with E-state index in [1.807, 2.05) is 0 Å². The van der Waals surface area contributed by atoms with Gasteiger partial charge in [0.15, 0.2) is 0 Å². The number of carbonyl (C=O) groups excluding carboxylic acids is 1. The maximum Gasteiger partial charge on any atom is 0.317 e. The fourth-order valence-corrected chi connectivity index (χ4v) is 4.03. The first-order chi connectivity index (χ1) is 11.2. The minimum absolute atomic E-state index is 0.00545. The van der Waals surface area contributed by atoms with E-state index in [1.165, 1.54) is 12.0 Å². The van der Waals surface area contributed by atoms with Crippen LogP contribution >= 0.6 is 0 Å². The van der Waals surface area contributed by atoms with Gasteiger partial charge in [0.25, 0.3) is 0 Å². The third kappa shape index (κ3) is 3.85. The quantitative estimate of drug-likeness (QED) is 0.866. The number of aliphatic hydroxyl groups excluding tert-OH is 1. The van der Waals surface area contributed by atoms with Crippen LogP contribution in [0.1, 0.15) is 18.4 Å². The number of amides is 2. The molecule has 1 aliphatic heterocycles. The summed E-state index contributed by atoms with van der Waals surface area (Å²) >= 11 is 0. The number of fused-ring (bicyclic) bond motifs is 1. The average molecular weight is 317 g/mol. The van der Waals surface area contributed by atoms with Crippen LogP contribution in [0.2, 0.25) is 0 Å². The molecule has 1 saturated carbocycles. The molecule has 2 aliphatic rings. The topological polar surface area (TPSA) is 55.8 Å². The molecule has 2 fully saturated rings. The molecule has 1 saturated heterocycles. The normalized spacial score (nSPS) is 27.0. The van der Waals surface area contributed by atoms with Gasteiger partial charge in [-0.05, 0) is 30.2 Å². The van der Waals surface area contributed by atoms with Crippen LogP contribution < -0.4 is 5.32 Å². The van der Waals surface area contributed by atoms with Gasteiger partial charge in [-0.15, -0.1) is 0 Å². The van der Waals surface area contributed by atoms with Gasteiger partial charge < -0.3 is 15.3 Å². The van der Waals surface area contributed by atoms with E-state index in [0.29, 0.717) is 18.4 Å². The van der Waals surface area contributed by atoms with Gasteiger partial charge in [-0.1, -0.05) is 30.3 Å². The molecule has 1 aliphatic carbocycles. The first-order valence-corrected chi connectivity index (χ1v) is 8.56. The fraction of sp³-hybridized carbons (Fsp3) is 0.611. The highest BCUT2D eigenvalue weighted by Crippen LogP contribution is 2.38. The largest absolute Gasteiger partial charge is 0.395 e. The second-order valence-corrected chi connectivity index (χ2v) is 6.88. The smallest absolute Gasteiger partial charge is 0.317 e. The van der Waals surface area contributed by atoms with Crippen molar-refractivity contribution in [3.8, 4) is 0 Å². The second kappa shape index (κ2) is 7.32. The van der Waals surface area contributed by atoms with E-state index >= 15 is 0 Å². The Bertz CT molecular complexity index is 522. The first-order valence-electron chi connectivity index (χ1n) is 8.56. The Morgan fingerprint density at radius 1 is 1.30 bits per heavy atom. The van der Waals surface area contributed by atoms with Gasteiger partial charge in [-0.25, -0.2) is 4.79 Å². The molecule has 0 aromatic heterocycles. The standard InChI is InChI=1S/C18H27N3O2/c1-20(9-10-22)18(23)19-17-8-7-15-12-21(13-16(15)17)11-14-5-3-2-4-6-14/h2-6,15-17,22H,7-13H2,1H3,(H,19,23)/t15-,16-,17+/m0/s1. The average Bonchev–Trinajstić information content (AvgIpc) is 3.10. The van der Waals surface area contributed by atoms with Crippen molar-refractivity contribution < 1.29 is 9.90 Å². The van der Waals surface area contributed by atoms with E-state index in [2.05, 4.69) is 40.5 Å². The maximum absolute atomic E-state index is 12.1. The minimum atomic E-state index is -0.0637. The van der Waals surface area contributed by atoms with Crippen LogP contribution in [-0.2, 0) is 6.54 Å². The first kappa shape index (κ1) is 16.3. The van der Waals surface area contributed by atoms with Crippen molar-refractivity contribution in [2.45, 2.75) is 25.4 Å². The Morgan fingerprint density at radius 2 is 2.09 bits per heavy atom. The summed E-state index contributed by atoms with van der Waals surface area (Å²) in [4.78, 5) is 16.2. The van der Waals surface area contributed by atoms with Crippen LogP contribution in [0.3, 0.4) is 0 Å². The number of benzene rings is 1. The molecule has 5 heteroatoms. The minimum Gasteiger partial charge on any atom is -0.395 e. The summed E-state index contributed by atoms with van der Waals surface area (Å²) < 4.78 is 0. The summed E-state index contributed by atoms with van der Waals surface area (Å²) in [7, 11) is 1.73. The van der Waals surface area contributed by atoms with Crippen LogP contribution in [0.25, 0.3) is 0 Å². The van der Waals surface area contributed by atoms with Crippen molar-refractivity contribution in [3.63, 3.8) is 0 Å². The summed E-state index contributed by atoms with van der Waals surface area (Å²) in [5.74, 6) is 1.26. The number of nitrogens with zero attached hydrogens (tertiary/aromatic N) is 2. The van der Waals surface area contributed by atoms with Crippen molar-refractivity contribution in [2.75, 3.05) is 33.3 Å². The van der Waals surface area contributed by atoms with Crippen LogP contribution in [0.4, 0.5) is 4.79 Å². The summed E-state index contributed by atoms with van der Waals surface area (Å²) in [5, 5.41) is 12.1. The van der Waals surface area contributed by atoms with E-state index in [0.717, 1.165) is 26.1 Å². The van der Waals surface area contributed by atoms with Crippen LogP contribution in [0, 0.1) is 11.8 Å². The van der Waals surface area contributed by atoms with Crippen molar-refractivity contribution in [3.05, 3.63) is 35.9 Å². The van der Waals surface area contributed by atoms with Gasteiger partial charge in [-0.3, -0.25) is 4.90 Å². The van der Waals surface area contributed by atoms with Gasteiger partial charge >= 0.3 is 6.03 Å². The Morgan fingerprint density at radius 3 is 2.83 bits per heavy atom. The molecule has 0 bridgehead atoms. The Balaban J connectivity index is 1.53. The lowest BCUT2D eigenvalue weighted by Gasteiger charge is -2.25. The Kier molecular flexibility index (Phi) is 5.18. The third-order valence-electron chi connectivity index (χ3n) is 5.27. The lowest BCUT2D eigenvalue weighted by atomic mass is 9.98. The molecule has 2 N–H and O–H groups in total. The molecule has 0 radical (unpaired) electrons. The van der Waals surface area contributed by atoms with Crippen molar-refractivity contribution in [1.29, 1.82) is 0 Å². The zero-order valence-corrected chi connectivity index (χ0v) is 13.8. The number of hydrogen-bond donors (Lipinski definition) is 2. The third-order valence-corrected chi connectivity index (χ3v) is 5.27. The molecule has 126 valence electrons. The number of urea groups is 1. The van der Waals surface area contributed by atoms with Gasteiger partial charge in [0.1, 0.15) is 0 Å². The number of likely N-dealkylation sites (N-methyl/N-ethyl adjacent to an activating group) is 1. The number of aliphatic hydroxyl groups is 1. The van der Waals surface area contributed by atoms with Gasteiger partial charge in [-0.2, -0.15) is 0 Å². The summed E-state index contributed by atoms with van der Waals surface area (Å²) in [6, 6.07) is 10.8.